The van der Waals surface area contributed by atoms with Crippen LogP contribution in [0, 0.1) is 18.3 Å². The van der Waals surface area contributed by atoms with Crippen LogP contribution in [-0.2, 0) is 7.05 Å². The monoisotopic (exact) mass is 508 g/mol. The van der Waals surface area contributed by atoms with Gasteiger partial charge in [0.05, 0.1) is 39.7 Å². The van der Waals surface area contributed by atoms with Crippen molar-refractivity contribution in [3.8, 4) is 22.9 Å². The standard InChI is InChI=1S/C29H25ClN6O/c1-18-13-26(35-11-9-32-10-12-35)21(16-31)15-25(18)36-28-23-14-20(19-3-6-22(30)7-4-19)5-8-24(23)33-17-27(28)34(2)29(36)37/h3-8,13-15,17,32H,9-12H2,1-2H3. The third-order valence-corrected chi connectivity index (χ3v) is 7.45. The van der Waals surface area contributed by atoms with E-state index < -0.39 is 0 Å². The first-order valence-corrected chi connectivity index (χ1v) is 12.6. The molecule has 0 radical (unpaired) electrons. The molecule has 0 spiro atoms. The van der Waals surface area contributed by atoms with Gasteiger partial charge in [0, 0.05) is 43.6 Å². The number of halogens is 1. The topological polar surface area (TPSA) is 78.9 Å². The molecule has 0 aliphatic carbocycles. The average Bonchev–Trinajstić information content (AvgIpc) is 3.19. The summed E-state index contributed by atoms with van der Waals surface area (Å²) in [5.74, 6) is 0. The zero-order valence-electron chi connectivity index (χ0n) is 20.6. The molecule has 2 aromatic heterocycles. The number of nitriles is 1. The van der Waals surface area contributed by atoms with Crippen molar-refractivity contribution in [2.45, 2.75) is 6.92 Å². The maximum Gasteiger partial charge on any atom is 0.333 e. The number of imidazole rings is 1. The number of benzene rings is 3. The number of nitrogens with one attached hydrogen (secondary N) is 1. The normalized spacial score (nSPS) is 13.8. The lowest BCUT2D eigenvalue weighted by Gasteiger charge is -2.30. The summed E-state index contributed by atoms with van der Waals surface area (Å²) < 4.78 is 3.34. The average molecular weight is 509 g/mol. The molecule has 0 saturated carbocycles. The van der Waals surface area contributed by atoms with Crippen molar-refractivity contribution >= 4 is 39.2 Å². The number of aryl methyl sites for hydroxylation is 2. The molecule has 184 valence electrons. The Labute approximate surface area is 219 Å². The fourth-order valence-corrected chi connectivity index (χ4v) is 5.35. The summed E-state index contributed by atoms with van der Waals surface area (Å²) in [6, 6.07) is 20.0. The van der Waals surface area contributed by atoms with Gasteiger partial charge >= 0.3 is 5.69 Å². The van der Waals surface area contributed by atoms with Crippen LogP contribution in [0.2, 0.25) is 5.02 Å². The van der Waals surface area contributed by atoms with E-state index in [-0.39, 0.29) is 5.69 Å². The van der Waals surface area contributed by atoms with Crippen molar-refractivity contribution in [1.29, 1.82) is 5.26 Å². The van der Waals surface area contributed by atoms with Crippen LogP contribution >= 0.6 is 11.6 Å². The van der Waals surface area contributed by atoms with Crippen LogP contribution in [0.3, 0.4) is 0 Å². The minimum Gasteiger partial charge on any atom is -0.368 e. The number of piperazine rings is 1. The van der Waals surface area contributed by atoms with Crippen molar-refractivity contribution in [3.05, 3.63) is 87.4 Å². The van der Waals surface area contributed by atoms with Crippen molar-refractivity contribution in [2.75, 3.05) is 31.1 Å². The van der Waals surface area contributed by atoms with Gasteiger partial charge < -0.3 is 10.2 Å². The summed E-state index contributed by atoms with van der Waals surface area (Å²) in [6.45, 7) is 5.43. The lowest BCUT2D eigenvalue weighted by atomic mass is 10.0. The lowest BCUT2D eigenvalue weighted by molar-refractivity contribution is 0.589. The van der Waals surface area contributed by atoms with Gasteiger partial charge in [-0.2, -0.15) is 5.26 Å². The third kappa shape index (κ3) is 3.86. The molecule has 1 N–H and O–H groups in total. The quantitative estimate of drug-likeness (QED) is 0.379. The van der Waals surface area contributed by atoms with E-state index in [0.717, 1.165) is 70.5 Å². The van der Waals surface area contributed by atoms with E-state index in [2.05, 4.69) is 27.3 Å². The van der Waals surface area contributed by atoms with Crippen molar-refractivity contribution in [1.82, 2.24) is 19.4 Å². The van der Waals surface area contributed by atoms with Crippen LogP contribution in [0.15, 0.2) is 65.6 Å². The first-order chi connectivity index (χ1) is 18.0. The van der Waals surface area contributed by atoms with Crippen LogP contribution in [0.5, 0.6) is 0 Å². The first kappa shape index (κ1) is 23.3. The fourth-order valence-electron chi connectivity index (χ4n) is 5.22. The number of pyridine rings is 1. The molecule has 0 atom stereocenters. The van der Waals surface area contributed by atoms with Crippen molar-refractivity contribution in [2.24, 2.45) is 7.05 Å². The molecular formula is C29H25ClN6O. The van der Waals surface area contributed by atoms with Crippen molar-refractivity contribution < 1.29 is 0 Å². The Morgan fingerprint density at radius 2 is 1.73 bits per heavy atom. The molecule has 0 bridgehead atoms. The van der Waals surface area contributed by atoms with Crippen LogP contribution in [-0.4, -0.2) is 40.3 Å². The molecule has 7 nitrogen and oxygen atoms in total. The Balaban J connectivity index is 1.61. The number of aromatic nitrogens is 3. The molecule has 1 aliphatic rings. The summed E-state index contributed by atoms with van der Waals surface area (Å²) in [5, 5.41) is 15.0. The van der Waals surface area contributed by atoms with E-state index >= 15 is 0 Å². The van der Waals surface area contributed by atoms with Crippen LogP contribution < -0.4 is 15.9 Å². The number of anilines is 1. The number of hydrogen-bond acceptors (Lipinski definition) is 5. The molecule has 0 amide bonds. The summed E-state index contributed by atoms with van der Waals surface area (Å²) in [4.78, 5) is 20.5. The fraction of sp³-hybridized carbons (Fsp3) is 0.207. The van der Waals surface area contributed by atoms with E-state index in [1.54, 1.807) is 22.4 Å². The predicted octanol–water partition coefficient (Wildman–Crippen LogP) is 4.79. The number of hydrogen-bond donors (Lipinski definition) is 1. The minimum atomic E-state index is -0.178. The smallest absolute Gasteiger partial charge is 0.333 e. The highest BCUT2D eigenvalue weighted by Gasteiger charge is 2.21. The van der Waals surface area contributed by atoms with Gasteiger partial charge in [0.15, 0.2) is 0 Å². The maximum absolute atomic E-state index is 13.6. The highest BCUT2D eigenvalue weighted by atomic mass is 35.5. The molecule has 3 aromatic carbocycles. The van der Waals surface area contributed by atoms with Crippen LogP contribution in [0.4, 0.5) is 5.69 Å². The van der Waals surface area contributed by atoms with Crippen LogP contribution in [0.25, 0.3) is 38.8 Å². The van der Waals surface area contributed by atoms with E-state index in [1.165, 1.54) is 0 Å². The highest BCUT2D eigenvalue weighted by Crippen LogP contribution is 2.33. The van der Waals surface area contributed by atoms with Gasteiger partial charge in [0.1, 0.15) is 6.07 Å². The first-order valence-electron chi connectivity index (χ1n) is 12.2. The van der Waals surface area contributed by atoms with Crippen LogP contribution in [0.1, 0.15) is 11.1 Å². The number of nitrogens with zero attached hydrogens (tertiary/aromatic N) is 5. The van der Waals surface area contributed by atoms with Crippen molar-refractivity contribution in [3.63, 3.8) is 0 Å². The molecule has 1 fully saturated rings. The van der Waals surface area contributed by atoms with E-state index in [0.29, 0.717) is 16.3 Å². The Morgan fingerprint density at radius 1 is 1.00 bits per heavy atom. The molecule has 3 heterocycles. The molecule has 6 rings (SSSR count). The van der Waals surface area contributed by atoms with Gasteiger partial charge in [-0.15, -0.1) is 0 Å². The molecule has 37 heavy (non-hydrogen) atoms. The summed E-state index contributed by atoms with van der Waals surface area (Å²) in [7, 11) is 1.76. The minimum absolute atomic E-state index is 0.178. The molecule has 5 aromatic rings. The van der Waals surface area contributed by atoms with E-state index in [4.69, 9.17) is 11.6 Å². The second kappa shape index (κ2) is 9.07. The molecule has 1 saturated heterocycles. The highest BCUT2D eigenvalue weighted by molar-refractivity contribution is 6.30. The van der Waals surface area contributed by atoms with Gasteiger partial charge in [-0.05, 0) is 60.0 Å². The Hall–Kier alpha value is -4.12. The van der Waals surface area contributed by atoms with Gasteiger partial charge in [0.25, 0.3) is 0 Å². The Morgan fingerprint density at radius 3 is 2.46 bits per heavy atom. The number of rotatable bonds is 3. The summed E-state index contributed by atoms with van der Waals surface area (Å²) >= 11 is 6.10. The third-order valence-electron chi connectivity index (χ3n) is 7.19. The van der Waals surface area contributed by atoms with Gasteiger partial charge in [-0.25, -0.2) is 4.79 Å². The molecule has 1 aliphatic heterocycles. The SMILES string of the molecule is Cc1cc(N2CCNCC2)c(C#N)cc1-n1c(=O)n(C)c2cnc3ccc(-c4ccc(Cl)cc4)cc3c21. The summed E-state index contributed by atoms with van der Waals surface area (Å²) in [6.07, 6.45) is 1.74. The zero-order valence-corrected chi connectivity index (χ0v) is 21.4. The predicted molar refractivity (Wildman–Crippen MR) is 149 cm³/mol. The molecular weight excluding hydrogens is 484 g/mol. The lowest BCUT2D eigenvalue weighted by Crippen LogP contribution is -2.43. The van der Waals surface area contributed by atoms with E-state index in [1.807, 2.05) is 55.5 Å². The zero-order chi connectivity index (χ0) is 25.7. The second-order valence-electron chi connectivity index (χ2n) is 9.41. The maximum atomic E-state index is 13.6. The second-order valence-corrected chi connectivity index (χ2v) is 9.85. The largest absolute Gasteiger partial charge is 0.368 e. The molecule has 8 heteroatoms. The summed E-state index contributed by atoms with van der Waals surface area (Å²) in [5.41, 5.74) is 7.26. The Kier molecular flexibility index (Phi) is 5.71. The molecule has 0 unspecified atom stereocenters. The van der Waals surface area contributed by atoms with Gasteiger partial charge in [-0.3, -0.25) is 14.1 Å². The van der Waals surface area contributed by atoms with Gasteiger partial charge in [0.2, 0.25) is 0 Å². The van der Waals surface area contributed by atoms with Gasteiger partial charge in [-0.1, -0.05) is 29.8 Å². The Bertz CT molecular complexity index is 1770. The van der Waals surface area contributed by atoms with E-state index in [9.17, 15) is 10.1 Å². The number of fused-ring (bicyclic) bond motifs is 3.